The molecule has 0 radical (unpaired) electrons. The zero-order valence-electron chi connectivity index (χ0n) is 16.3. The molecule has 0 saturated carbocycles. The van der Waals surface area contributed by atoms with Gasteiger partial charge in [0.15, 0.2) is 0 Å². The van der Waals surface area contributed by atoms with Crippen molar-refractivity contribution in [3.63, 3.8) is 0 Å². The fraction of sp³-hybridized carbons (Fsp3) is 0.190. The highest BCUT2D eigenvalue weighted by Crippen LogP contribution is 2.25. The number of nitrogens with one attached hydrogen (secondary N) is 1. The Morgan fingerprint density at radius 2 is 1.90 bits per heavy atom. The van der Waals surface area contributed by atoms with Crippen LogP contribution in [0.25, 0.3) is 11.0 Å². The molecule has 1 amide bonds. The average molecular weight is 445 g/mol. The Hall–Kier alpha value is -3.72. The molecule has 1 heterocycles. The highest BCUT2D eigenvalue weighted by Gasteiger charge is 2.13. The molecule has 31 heavy (non-hydrogen) atoms. The molecule has 0 saturated heterocycles. The molecule has 2 aromatic carbocycles. The summed E-state index contributed by atoms with van der Waals surface area (Å²) in [4.78, 5) is 45.9. The number of amides is 1. The van der Waals surface area contributed by atoms with E-state index in [2.05, 4.69) is 5.32 Å². The molecule has 0 spiro atoms. The summed E-state index contributed by atoms with van der Waals surface area (Å²) < 4.78 is 10.4. The van der Waals surface area contributed by atoms with Crippen molar-refractivity contribution in [2.24, 2.45) is 0 Å². The van der Waals surface area contributed by atoms with Crippen LogP contribution in [-0.2, 0) is 16.1 Å². The SMILES string of the molecule is Cc1cc2oc(=O)cc(COC(=O)CCNC(=O)c3ccc([N+](=O)[O-])cc3)c2cc1Cl. The second-order valence-electron chi connectivity index (χ2n) is 6.66. The lowest BCUT2D eigenvalue weighted by molar-refractivity contribution is -0.384. The average Bonchev–Trinajstić information content (AvgIpc) is 2.73. The first kappa shape index (κ1) is 22.0. The minimum absolute atomic E-state index is 0.0113. The molecule has 0 aliphatic rings. The third-order valence-electron chi connectivity index (χ3n) is 4.45. The number of hydrogen-bond acceptors (Lipinski definition) is 7. The molecule has 1 aromatic heterocycles. The van der Waals surface area contributed by atoms with Crippen LogP contribution in [0.3, 0.4) is 0 Å². The zero-order chi connectivity index (χ0) is 22.5. The fourth-order valence-corrected chi connectivity index (χ4v) is 2.98. The molecule has 0 aliphatic carbocycles. The number of rotatable bonds is 7. The summed E-state index contributed by atoms with van der Waals surface area (Å²) in [5.41, 5.74) is 1.07. The first-order valence-corrected chi connectivity index (χ1v) is 9.53. The zero-order valence-corrected chi connectivity index (χ0v) is 17.1. The Kier molecular flexibility index (Phi) is 6.66. The first-order valence-electron chi connectivity index (χ1n) is 9.16. The lowest BCUT2D eigenvalue weighted by atomic mass is 10.1. The molecule has 0 atom stereocenters. The van der Waals surface area contributed by atoms with Crippen LogP contribution >= 0.6 is 11.6 Å². The van der Waals surface area contributed by atoms with E-state index >= 15 is 0 Å². The van der Waals surface area contributed by atoms with Gasteiger partial charge in [-0.2, -0.15) is 0 Å². The number of benzene rings is 2. The van der Waals surface area contributed by atoms with Crippen LogP contribution < -0.4 is 10.9 Å². The van der Waals surface area contributed by atoms with Crippen molar-refractivity contribution in [3.05, 3.63) is 84.7 Å². The summed E-state index contributed by atoms with van der Waals surface area (Å²) >= 11 is 6.13. The number of ether oxygens (including phenoxy) is 1. The lowest BCUT2D eigenvalue weighted by Gasteiger charge is -2.09. The highest BCUT2D eigenvalue weighted by atomic mass is 35.5. The van der Waals surface area contributed by atoms with Crippen molar-refractivity contribution in [3.8, 4) is 0 Å². The van der Waals surface area contributed by atoms with Crippen molar-refractivity contribution < 1.29 is 23.7 Å². The van der Waals surface area contributed by atoms with Gasteiger partial charge in [0.2, 0.25) is 0 Å². The predicted octanol–water partition coefficient (Wildman–Crippen LogP) is 3.53. The van der Waals surface area contributed by atoms with E-state index in [-0.39, 0.29) is 30.8 Å². The van der Waals surface area contributed by atoms with E-state index < -0.39 is 22.4 Å². The number of hydrogen-bond donors (Lipinski definition) is 1. The quantitative estimate of drug-likeness (QED) is 0.255. The van der Waals surface area contributed by atoms with Crippen molar-refractivity contribution >= 4 is 40.1 Å². The van der Waals surface area contributed by atoms with E-state index in [0.29, 0.717) is 21.6 Å². The minimum atomic E-state index is -0.580. The van der Waals surface area contributed by atoms with Crippen LogP contribution in [0, 0.1) is 17.0 Å². The molecule has 3 aromatic rings. The number of nitrogens with zero attached hydrogens (tertiary/aromatic N) is 1. The number of carbonyl (C=O) groups is 2. The number of fused-ring (bicyclic) bond motifs is 1. The van der Waals surface area contributed by atoms with Crippen LogP contribution in [0.4, 0.5) is 5.69 Å². The Morgan fingerprint density at radius 1 is 1.19 bits per heavy atom. The maximum atomic E-state index is 12.0. The molecule has 9 nitrogen and oxygen atoms in total. The van der Waals surface area contributed by atoms with Gasteiger partial charge in [0.05, 0.1) is 11.3 Å². The fourth-order valence-electron chi connectivity index (χ4n) is 2.81. The Bertz CT molecular complexity index is 1220. The Labute approximate surface area is 180 Å². The minimum Gasteiger partial charge on any atom is -0.461 e. The van der Waals surface area contributed by atoms with Gasteiger partial charge in [-0.05, 0) is 36.8 Å². The van der Waals surface area contributed by atoms with Crippen molar-refractivity contribution in [1.82, 2.24) is 5.32 Å². The molecule has 160 valence electrons. The molecule has 0 aliphatic heterocycles. The number of aryl methyl sites for hydroxylation is 1. The Morgan fingerprint density at radius 3 is 2.58 bits per heavy atom. The van der Waals surface area contributed by atoms with E-state index in [1.54, 1.807) is 19.1 Å². The first-order chi connectivity index (χ1) is 14.7. The third-order valence-corrected chi connectivity index (χ3v) is 4.86. The van der Waals surface area contributed by atoms with Crippen molar-refractivity contribution in [2.45, 2.75) is 20.0 Å². The molecule has 0 bridgehead atoms. The summed E-state index contributed by atoms with van der Waals surface area (Å²) in [5.74, 6) is -1.05. The number of esters is 1. The number of carbonyl (C=O) groups excluding carboxylic acids is 2. The third kappa shape index (κ3) is 5.46. The predicted molar refractivity (Wildman–Crippen MR) is 112 cm³/mol. The van der Waals surface area contributed by atoms with E-state index in [1.807, 2.05) is 0 Å². The molecular formula is C21H17ClN2O7. The number of nitro benzene ring substituents is 1. The largest absolute Gasteiger partial charge is 0.461 e. The van der Waals surface area contributed by atoms with Gasteiger partial charge in [-0.25, -0.2) is 4.79 Å². The van der Waals surface area contributed by atoms with Crippen LogP contribution in [0.15, 0.2) is 51.7 Å². The summed E-state index contributed by atoms with van der Waals surface area (Å²) in [7, 11) is 0. The van der Waals surface area contributed by atoms with Gasteiger partial charge in [0.1, 0.15) is 12.2 Å². The van der Waals surface area contributed by atoms with Gasteiger partial charge in [-0.1, -0.05) is 11.6 Å². The van der Waals surface area contributed by atoms with Gasteiger partial charge >= 0.3 is 11.6 Å². The summed E-state index contributed by atoms with van der Waals surface area (Å²) in [6.45, 7) is 1.63. The summed E-state index contributed by atoms with van der Waals surface area (Å²) in [5, 5.41) is 14.2. The topological polar surface area (TPSA) is 129 Å². The maximum absolute atomic E-state index is 12.0. The molecule has 10 heteroatoms. The lowest BCUT2D eigenvalue weighted by Crippen LogP contribution is -2.26. The van der Waals surface area contributed by atoms with Gasteiger partial charge in [0, 0.05) is 46.3 Å². The Balaban J connectivity index is 1.55. The van der Waals surface area contributed by atoms with Gasteiger partial charge in [-0.3, -0.25) is 19.7 Å². The molecular weight excluding hydrogens is 428 g/mol. The smallest absolute Gasteiger partial charge is 0.336 e. The normalized spacial score (nSPS) is 10.6. The van der Waals surface area contributed by atoms with Crippen LogP contribution in [0.5, 0.6) is 0 Å². The molecule has 0 fully saturated rings. The molecule has 3 rings (SSSR count). The second-order valence-corrected chi connectivity index (χ2v) is 7.07. The van der Waals surface area contributed by atoms with Crippen LogP contribution in [-0.4, -0.2) is 23.3 Å². The second kappa shape index (κ2) is 9.40. The monoisotopic (exact) mass is 444 g/mol. The van der Waals surface area contributed by atoms with Gasteiger partial charge in [-0.15, -0.1) is 0 Å². The van der Waals surface area contributed by atoms with E-state index in [0.717, 1.165) is 5.56 Å². The summed E-state index contributed by atoms with van der Waals surface area (Å²) in [6, 6.07) is 9.60. The van der Waals surface area contributed by atoms with Crippen LogP contribution in [0.2, 0.25) is 5.02 Å². The number of non-ortho nitro benzene ring substituents is 1. The maximum Gasteiger partial charge on any atom is 0.336 e. The van der Waals surface area contributed by atoms with Crippen molar-refractivity contribution in [1.29, 1.82) is 0 Å². The van der Waals surface area contributed by atoms with E-state index in [4.69, 9.17) is 20.8 Å². The molecule has 1 N–H and O–H groups in total. The molecule has 0 unspecified atom stereocenters. The van der Waals surface area contributed by atoms with Crippen LogP contribution in [0.1, 0.15) is 27.9 Å². The summed E-state index contributed by atoms with van der Waals surface area (Å²) in [6.07, 6.45) is -0.0992. The standard InChI is InChI=1S/C21H17ClN2O7/c1-12-8-18-16(10-17(12)22)14(9-20(26)31-18)11-30-19(25)6-7-23-21(27)13-2-4-15(5-3-13)24(28)29/h2-5,8-10H,6-7,11H2,1H3,(H,23,27). The van der Waals surface area contributed by atoms with Crippen molar-refractivity contribution in [2.75, 3.05) is 6.54 Å². The van der Waals surface area contributed by atoms with E-state index in [9.17, 15) is 24.5 Å². The number of nitro groups is 1. The number of halogens is 1. The van der Waals surface area contributed by atoms with Gasteiger partial charge < -0.3 is 14.5 Å². The highest BCUT2D eigenvalue weighted by molar-refractivity contribution is 6.32. The van der Waals surface area contributed by atoms with Gasteiger partial charge in [0.25, 0.3) is 11.6 Å². The van der Waals surface area contributed by atoms with E-state index in [1.165, 1.54) is 30.3 Å².